The minimum atomic E-state index is -0.843. The number of carbonyl (C=O) groups excluding carboxylic acids is 3. The van der Waals surface area contributed by atoms with Crippen LogP contribution in [-0.4, -0.2) is 73.0 Å². The second-order valence-corrected chi connectivity index (χ2v) is 9.69. The van der Waals surface area contributed by atoms with E-state index >= 15 is 0 Å². The van der Waals surface area contributed by atoms with Gasteiger partial charge in [0.2, 0.25) is 5.91 Å². The molecule has 0 aromatic heterocycles. The van der Waals surface area contributed by atoms with Crippen molar-refractivity contribution in [2.45, 2.75) is 44.6 Å². The molecule has 4 rings (SSSR count). The maximum Gasteiger partial charge on any atom is 0.325 e. The van der Waals surface area contributed by atoms with Gasteiger partial charge in [-0.05, 0) is 56.8 Å². The summed E-state index contributed by atoms with van der Waals surface area (Å²) in [5.74, 6) is -0.0958. The lowest BCUT2D eigenvalue weighted by molar-refractivity contribution is -0.135. The fraction of sp³-hybridized carbons (Fsp3) is 0.609. The third-order valence-electron chi connectivity index (χ3n) is 7.16. The van der Waals surface area contributed by atoms with Gasteiger partial charge < -0.3 is 20.4 Å². The third kappa shape index (κ3) is 4.57. The second-order valence-electron chi connectivity index (χ2n) is 9.26. The molecule has 1 aromatic carbocycles. The number of urea groups is 1. The SMILES string of the molecule is CCC1CCC2(CC1)NC(=O)N(CC(=O)Nc1cc(Cl)ccc1N1CCN(C)CC1)C2=O. The number of amides is 4. The highest BCUT2D eigenvalue weighted by molar-refractivity contribution is 6.31. The molecular formula is C23H32ClN5O3. The number of anilines is 2. The van der Waals surface area contributed by atoms with Gasteiger partial charge in [-0.2, -0.15) is 0 Å². The van der Waals surface area contributed by atoms with Crippen molar-refractivity contribution in [2.24, 2.45) is 5.92 Å². The lowest BCUT2D eigenvalue weighted by atomic mass is 9.75. The highest BCUT2D eigenvalue weighted by atomic mass is 35.5. The van der Waals surface area contributed by atoms with E-state index in [1.54, 1.807) is 12.1 Å². The van der Waals surface area contributed by atoms with Gasteiger partial charge in [0.25, 0.3) is 5.91 Å². The third-order valence-corrected chi connectivity index (χ3v) is 7.40. The van der Waals surface area contributed by atoms with Crippen molar-refractivity contribution in [3.8, 4) is 0 Å². The minimum absolute atomic E-state index is 0.280. The molecule has 2 saturated heterocycles. The van der Waals surface area contributed by atoms with Crippen LogP contribution in [0.3, 0.4) is 0 Å². The van der Waals surface area contributed by atoms with E-state index in [4.69, 9.17) is 11.6 Å². The van der Waals surface area contributed by atoms with E-state index in [2.05, 4.69) is 34.4 Å². The number of benzene rings is 1. The zero-order valence-corrected chi connectivity index (χ0v) is 19.6. The molecule has 2 aliphatic heterocycles. The van der Waals surface area contributed by atoms with E-state index in [0.29, 0.717) is 29.5 Å². The van der Waals surface area contributed by atoms with Crippen molar-refractivity contribution in [3.05, 3.63) is 23.2 Å². The van der Waals surface area contributed by atoms with Gasteiger partial charge in [-0.3, -0.25) is 14.5 Å². The molecule has 0 bridgehead atoms. The summed E-state index contributed by atoms with van der Waals surface area (Å²) in [6.07, 6.45) is 4.19. The molecule has 32 heavy (non-hydrogen) atoms. The number of hydrogen-bond donors (Lipinski definition) is 2. The van der Waals surface area contributed by atoms with Gasteiger partial charge in [0.05, 0.1) is 11.4 Å². The zero-order chi connectivity index (χ0) is 22.9. The molecule has 1 saturated carbocycles. The summed E-state index contributed by atoms with van der Waals surface area (Å²) in [6.45, 7) is 5.39. The molecule has 0 atom stereocenters. The van der Waals surface area contributed by atoms with Crippen LogP contribution in [0.4, 0.5) is 16.2 Å². The Morgan fingerprint density at radius 1 is 1.19 bits per heavy atom. The Bertz CT molecular complexity index is 892. The van der Waals surface area contributed by atoms with E-state index in [9.17, 15) is 14.4 Å². The Labute approximate surface area is 194 Å². The number of halogens is 1. The average Bonchev–Trinajstić information content (AvgIpc) is 2.99. The standard InChI is InChI=1S/C23H32ClN5O3/c1-3-16-6-8-23(9-7-16)21(31)29(22(32)26-23)15-20(30)25-18-14-17(24)4-5-19(18)28-12-10-27(2)11-13-28/h4-5,14,16H,3,6-13,15H2,1-2H3,(H,25,30)(H,26,32). The van der Waals surface area contributed by atoms with E-state index in [-0.39, 0.29) is 12.5 Å². The first-order chi connectivity index (χ1) is 15.3. The van der Waals surface area contributed by atoms with E-state index < -0.39 is 17.5 Å². The lowest BCUT2D eigenvalue weighted by Gasteiger charge is -2.35. The lowest BCUT2D eigenvalue weighted by Crippen LogP contribution is -2.49. The number of nitrogens with zero attached hydrogens (tertiary/aromatic N) is 3. The number of imide groups is 1. The molecule has 0 unspecified atom stereocenters. The summed E-state index contributed by atoms with van der Waals surface area (Å²) in [7, 11) is 2.08. The van der Waals surface area contributed by atoms with Gasteiger partial charge in [0, 0.05) is 31.2 Å². The Morgan fingerprint density at radius 3 is 2.53 bits per heavy atom. The molecule has 8 nitrogen and oxygen atoms in total. The zero-order valence-electron chi connectivity index (χ0n) is 18.8. The first-order valence-electron chi connectivity index (χ1n) is 11.5. The number of nitrogens with one attached hydrogen (secondary N) is 2. The predicted molar refractivity (Wildman–Crippen MR) is 125 cm³/mol. The fourth-order valence-electron chi connectivity index (χ4n) is 5.00. The van der Waals surface area contributed by atoms with Crippen molar-refractivity contribution in [1.82, 2.24) is 15.1 Å². The van der Waals surface area contributed by atoms with Crippen LogP contribution in [0.1, 0.15) is 39.0 Å². The number of likely N-dealkylation sites (N-methyl/N-ethyl adjacent to an activating group) is 1. The van der Waals surface area contributed by atoms with Crippen LogP contribution >= 0.6 is 11.6 Å². The molecule has 3 fully saturated rings. The molecule has 1 spiro atoms. The largest absolute Gasteiger partial charge is 0.367 e. The van der Waals surface area contributed by atoms with Gasteiger partial charge in [-0.15, -0.1) is 0 Å². The molecule has 174 valence electrons. The topological polar surface area (TPSA) is 85.0 Å². The van der Waals surface area contributed by atoms with Gasteiger partial charge in [0.15, 0.2) is 0 Å². The molecule has 0 radical (unpaired) electrons. The Kier molecular flexibility index (Phi) is 6.62. The summed E-state index contributed by atoms with van der Waals surface area (Å²) < 4.78 is 0. The molecule has 1 aromatic rings. The van der Waals surface area contributed by atoms with Crippen LogP contribution in [0, 0.1) is 5.92 Å². The average molecular weight is 462 g/mol. The Balaban J connectivity index is 1.43. The van der Waals surface area contributed by atoms with E-state index in [1.165, 1.54) is 0 Å². The van der Waals surface area contributed by atoms with Crippen LogP contribution in [0.5, 0.6) is 0 Å². The summed E-state index contributed by atoms with van der Waals surface area (Å²) in [4.78, 5) is 44.1. The Hall–Kier alpha value is -2.32. The number of piperazine rings is 1. The first-order valence-corrected chi connectivity index (χ1v) is 11.9. The van der Waals surface area contributed by atoms with Crippen molar-refractivity contribution in [2.75, 3.05) is 50.0 Å². The van der Waals surface area contributed by atoms with Gasteiger partial charge in [0.1, 0.15) is 12.1 Å². The molecule has 2 N–H and O–H groups in total. The van der Waals surface area contributed by atoms with E-state index in [1.807, 2.05) is 6.07 Å². The quantitative estimate of drug-likeness (QED) is 0.658. The minimum Gasteiger partial charge on any atom is -0.367 e. The normalized spacial score (nSPS) is 26.5. The monoisotopic (exact) mass is 461 g/mol. The van der Waals surface area contributed by atoms with Gasteiger partial charge >= 0.3 is 6.03 Å². The summed E-state index contributed by atoms with van der Waals surface area (Å²) in [5, 5.41) is 6.28. The number of hydrogen-bond acceptors (Lipinski definition) is 5. The summed E-state index contributed by atoms with van der Waals surface area (Å²) in [6, 6.07) is 4.94. The van der Waals surface area contributed by atoms with Crippen LogP contribution in [-0.2, 0) is 9.59 Å². The van der Waals surface area contributed by atoms with E-state index in [0.717, 1.165) is 56.0 Å². The second kappa shape index (κ2) is 9.27. The van der Waals surface area contributed by atoms with Gasteiger partial charge in [-0.1, -0.05) is 24.9 Å². The summed E-state index contributed by atoms with van der Waals surface area (Å²) >= 11 is 6.19. The first kappa shape index (κ1) is 22.9. The molecule has 2 heterocycles. The highest BCUT2D eigenvalue weighted by Crippen LogP contribution is 2.37. The molecular weight excluding hydrogens is 430 g/mol. The Morgan fingerprint density at radius 2 is 1.88 bits per heavy atom. The van der Waals surface area contributed by atoms with Gasteiger partial charge in [-0.25, -0.2) is 4.79 Å². The molecule has 3 aliphatic rings. The highest BCUT2D eigenvalue weighted by Gasteiger charge is 2.52. The van der Waals surface area contributed by atoms with Crippen LogP contribution in [0.25, 0.3) is 0 Å². The fourth-order valence-corrected chi connectivity index (χ4v) is 5.17. The van der Waals surface area contributed by atoms with Crippen molar-refractivity contribution in [1.29, 1.82) is 0 Å². The molecule has 9 heteroatoms. The van der Waals surface area contributed by atoms with Crippen molar-refractivity contribution < 1.29 is 14.4 Å². The maximum atomic E-state index is 13.1. The summed E-state index contributed by atoms with van der Waals surface area (Å²) in [5.41, 5.74) is 0.643. The maximum absolute atomic E-state index is 13.1. The smallest absolute Gasteiger partial charge is 0.325 e. The van der Waals surface area contributed by atoms with Crippen LogP contribution in [0.2, 0.25) is 5.02 Å². The van der Waals surface area contributed by atoms with Crippen LogP contribution < -0.4 is 15.5 Å². The molecule has 1 aliphatic carbocycles. The number of carbonyl (C=O) groups is 3. The molecule has 4 amide bonds. The van der Waals surface area contributed by atoms with Crippen molar-refractivity contribution >= 4 is 40.8 Å². The van der Waals surface area contributed by atoms with Crippen LogP contribution in [0.15, 0.2) is 18.2 Å². The van der Waals surface area contributed by atoms with Crippen molar-refractivity contribution in [3.63, 3.8) is 0 Å². The number of rotatable bonds is 5. The predicted octanol–water partition coefficient (Wildman–Crippen LogP) is 2.92.